The first kappa shape index (κ1) is 13.9. The van der Waals surface area contributed by atoms with E-state index in [9.17, 15) is 0 Å². The van der Waals surface area contributed by atoms with Crippen molar-refractivity contribution in [1.29, 1.82) is 0 Å². The molecular formula is C16H15N5O2S. The van der Waals surface area contributed by atoms with E-state index in [0.29, 0.717) is 25.7 Å². The lowest BCUT2D eigenvalue weighted by molar-refractivity contribution is 0.171. The fourth-order valence-corrected chi connectivity index (χ4v) is 4.12. The van der Waals surface area contributed by atoms with Crippen LogP contribution in [0.3, 0.4) is 0 Å². The zero-order valence-corrected chi connectivity index (χ0v) is 13.7. The first-order valence-corrected chi connectivity index (χ1v) is 8.81. The SMILES string of the molecule is Nc1nc2c3c(nn(Cc4ccc5c(c4)OCCO5)c3n1)CCS2. The van der Waals surface area contributed by atoms with Crippen LogP contribution in [0.2, 0.25) is 0 Å². The van der Waals surface area contributed by atoms with Crippen molar-refractivity contribution in [3.05, 3.63) is 29.5 Å². The maximum atomic E-state index is 5.87. The number of nitrogens with two attached hydrogens (primary N) is 1. The highest BCUT2D eigenvalue weighted by molar-refractivity contribution is 7.99. The van der Waals surface area contributed by atoms with Crippen LogP contribution in [0.15, 0.2) is 23.2 Å². The molecule has 24 heavy (non-hydrogen) atoms. The van der Waals surface area contributed by atoms with E-state index >= 15 is 0 Å². The van der Waals surface area contributed by atoms with E-state index in [1.165, 1.54) is 0 Å². The summed E-state index contributed by atoms with van der Waals surface area (Å²) in [5.74, 6) is 2.84. The number of aryl methyl sites for hydroxylation is 1. The quantitative estimate of drug-likeness (QED) is 0.712. The Hall–Kier alpha value is -2.48. The highest BCUT2D eigenvalue weighted by Gasteiger charge is 2.22. The summed E-state index contributed by atoms with van der Waals surface area (Å²) in [6, 6.07) is 5.97. The molecule has 0 saturated heterocycles. The molecule has 2 aliphatic rings. The normalized spacial score (nSPS) is 15.7. The van der Waals surface area contributed by atoms with Crippen molar-refractivity contribution in [1.82, 2.24) is 19.7 Å². The predicted octanol–water partition coefficient (Wildman–Crippen LogP) is 1.88. The molecule has 0 atom stereocenters. The number of fused-ring (bicyclic) bond motifs is 1. The third kappa shape index (κ3) is 2.17. The standard InChI is InChI=1S/C16H15N5O2S/c17-16-18-14-13-10(3-6-24-15(13)19-16)20-21(14)8-9-1-2-11-12(7-9)23-5-4-22-11/h1-2,7H,3-6,8H2,(H2,17,18,19). The second-order valence-electron chi connectivity index (χ2n) is 5.77. The van der Waals surface area contributed by atoms with Crippen molar-refractivity contribution in [2.75, 3.05) is 24.7 Å². The van der Waals surface area contributed by atoms with Gasteiger partial charge in [-0.15, -0.1) is 11.8 Å². The zero-order valence-electron chi connectivity index (χ0n) is 12.9. The minimum Gasteiger partial charge on any atom is -0.486 e. The summed E-state index contributed by atoms with van der Waals surface area (Å²) in [5.41, 5.74) is 8.81. The van der Waals surface area contributed by atoms with E-state index in [-0.39, 0.29) is 0 Å². The molecular weight excluding hydrogens is 326 g/mol. The van der Waals surface area contributed by atoms with Crippen LogP contribution in [0.1, 0.15) is 11.3 Å². The van der Waals surface area contributed by atoms with Gasteiger partial charge in [-0.2, -0.15) is 10.1 Å². The Morgan fingerprint density at radius 1 is 1.17 bits per heavy atom. The third-order valence-corrected chi connectivity index (χ3v) is 5.14. The summed E-state index contributed by atoms with van der Waals surface area (Å²) in [6.45, 7) is 1.78. The molecule has 2 N–H and O–H groups in total. The van der Waals surface area contributed by atoms with Gasteiger partial charge >= 0.3 is 0 Å². The Morgan fingerprint density at radius 3 is 2.96 bits per heavy atom. The van der Waals surface area contributed by atoms with E-state index in [1.54, 1.807) is 11.8 Å². The van der Waals surface area contributed by atoms with Crippen LogP contribution in [0.5, 0.6) is 11.5 Å². The largest absolute Gasteiger partial charge is 0.486 e. The number of hydrogen-bond donors (Lipinski definition) is 1. The molecule has 0 fully saturated rings. The van der Waals surface area contributed by atoms with Gasteiger partial charge in [-0.25, -0.2) is 9.67 Å². The van der Waals surface area contributed by atoms with Gasteiger partial charge in [0.25, 0.3) is 0 Å². The van der Waals surface area contributed by atoms with Gasteiger partial charge in [0.1, 0.15) is 18.2 Å². The van der Waals surface area contributed by atoms with Crippen molar-refractivity contribution in [2.45, 2.75) is 18.0 Å². The third-order valence-electron chi connectivity index (χ3n) is 4.17. The summed E-state index contributed by atoms with van der Waals surface area (Å²) >= 11 is 1.71. The van der Waals surface area contributed by atoms with Crippen molar-refractivity contribution in [2.24, 2.45) is 0 Å². The molecule has 3 aromatic rings. The fraction of sp³-hybridized carbons (Fsp3) is 0.312. The Bertz CT molecular complexity index is 955. The number of aromatic nitrogens is 4. The van der Waals surface area contributed by atoms with Crippen molar-refractivity contribution < 1.29 is 9.47 Å². The van der Waals surface area contributed by atoms with E-state index in [0.717, 1.165) is 51.0 Å². The second-order valence-corrected chi connectivity index (χ2v) is 6.85. The fourth-order valence-electron chi connectivity index (χ4n) is 3.12. The first-order chi connectivity index (χ1) is 11.8. The van der Waals surface area contributed by atoms with E-state index in [1.807, 2.05) is 22.9 Å². The monoisotopic (exact) mass is 341 g/mol. The van der Waals surface area contributed by atoms with Gasteiger partial charge in [-0.3, -0.25) is 0 Å². The molecule has 1 aromatic carbocycles. The van der Waals surface area contributed by atoms with E-state index in [2.05, 4.69) is 9.97 Å². The van der Waals surface area contributed by atoms with Crippen LogP contribution in [0.25, 0.3) is 11.0 Å². The maximum Gasteiger partial charge on any atom is 0.223 e. The number of ether oxygens (including phenoxy) is 2. The number of thioether (sulfide) groups is 1. The molecule has 0 radical (unpaired) electrons. The van der Waals surface area contributed by atoms with Crippen molar-refractivity contribution in [3.8, 4) is 11.5 Å². The molecule has 8 heteroatoms. The molecule has 122 valence electrons. The minimum absolute atomic E-state index is 0.293. The van der Waals surface area contributed by atoms with Gasteiger partial charge in [-0.1, -0.05) is 6.07 Å². The highest BCUT2D eigenvalue weighted by Crippen LogP contribution is 2.35. The van der Waals surface area contributed by atoms with Gasteiger partial charge in [0.2, 0.25) is 5.95 Å². The predicted molar refractivity (Wildman–Crippen MR) is 90.7 cm³/mol. The van der Waals surface area contributed by atoms with Crippen molar-refractivity contribution >= 4 is 28.7 Å². The van der Waals surface area contributed by atoms with Crippen LogP contribution in [-0.4, -0.2) is 38.7 Å². The van der Waals surface area contributed by atoms with Crippen LogP contribution >= 0.6 is 11.8 Å². The number of rotatable bonds is 2. The van der Waals surface area contributed by atoms with Gasteiger partial charge < -0.3 is 15.2 Å². The van der Waals surface area contributed by atoms with Crippen LogP contribution in [0, 0.1) is 0 Å². The summed E-state index contributed by atoms with van der Waals surface area (Å²) in [6.07, 6.45) is 0.926. The molecule has 2 aromatic heterocycles. The van der Waals surface area contributed by atoms with Gasteiger partial charge in [0.05, 0.1) is 17.6 Å². The first-order valence-electron chi connectivity index (χ1n) is 7.82. The highest BCUT2D eigenvalue weighted by atomic mass is 32.2. The number of anilines is 1. The summed E-state index contributed by atoms with van der Waals surface area (Å²) in [4.78, 5) is 8.77. The summed E-state index contributed by atoms with van der Waals surface area (Å²) in [7, 11) is 0. The Balaban J connectivity index is 1.58. The number of hydrogen-bond acceptors (Lipinski definition) is 7. The maximum absolute atomic E-state index is 5.87. The second kappa shape index (κ2) is 5.27. The van der Waals surface area contributed by atoms with E-state index < -0.39 is 0 Å². The zero-order chi connectivity index (χ0) is 16.1. The minimum atomic E-state index is 0.293. The van der Waals surface area contributed by atoms with Crippen LogP contribution in [0.4, 0.5) is 5.95 Å². The molecule has 0 spiro atoms. The number of nitrogen functional groups attached to an aromatic ring is 1. The molecule has 0 aliphatic carbocycles. The molecule has 0 amide bonds. The van der Waals surface area contributed by atoms with Crippen LogP contribution < -0.4 is 15.2 Å². The molecule has 7 nitrogen and oxygen atoms in total. The Morgan fingerprint density at radius 2 is 2.04 bits per heavy atom. The number of nitrogens with zero attached hydrogens (tertiary/aromatic N) is 4. The molecule has 4 heterocycles. The molecule has 0 saturated carbocycles. The summed E-state index contributed by atoms with van der Waals surface area (Å²) in [5, 5.41) is 6.72. The lowest BCUT2D eigenvalue weighted by atomic mass is 10.2. The van der Waals surface area contributed by atoms with Crippen molar-refractivity contribution in [3.63, 3.8) is 0 Å². The van der Waals surface area contributed by atoms with Gasteiger partial charge in [-0.05, 0) is 17.7 Å². The summed E-state index contributed by atoms with van der Waals surface area (Å²) < 4.78 is 13.1. The Kier molecular flexibility index (Phi) is 3.05. The molecule has 2 aliphatic heterocycles. The molecule has 5 rings (SSSR count). The Labute approximate surface area is 142 Å². The molecule has 0 unspecified atom stereocenters. The number of benzene rings is 1. The van der Waals surface area contributed by atoms with Gasteiger partial charge in [0.15, 0.2) is 17.1 Å². The van der Waals surface area contributed by atoms with Gasteiger partial charge in [0, 0.05) is 12.2 Å². The topological polar surface area (TPSA) is 88.1 Å². The lowest BCUT2D eigenvalue weighted by Crippen LogP contribution is -2.15. The average Bonchev–Trinajstić information content (AvgIpc) is 2.93. The van der Waals surface area contributed by atoms with Crippen LogP contribution in [-0.2, 0) is 13.0 Å². The average molecular weight is 341 g/mol. The van der Waals surface area contributed by atoms with E-state index in [4.69, 9.17) is 20.3 Å². The smallest absolute Gasteiger partial charge is 0.223 e. The lowest BCUT2D eigenvalue weighted by Gasteiger charge is -2.18. The molecule has 0 bridgehead atoms.